The summed E-state index contributed by atoms with van der Waals surface area (Å²) < 4.78 is 13.1. The number of anilines is 1. The molecule has 0 saturated carbocycles. The predicted molar refractivity (Wildman–Crippen MR) is 140 cm³/mol. The fourth-order valence-electron chi connectivity index (χ4n) is 3.43. The Morgan fingerprint density at radius 1 is 1.06 bits per heavy atom. The molecule has 0 unspecified atom stereocenters. The number of hydrogen-bond acceptors (Lipinski definition) is 7. The van der Waals surface area contributed by atoms with E-state index in [9.17, 15) is 4.79 Å². The van der Waals surface area contributed by atoms with Crippen molar-refractivity contribution in [3.63, 3.8) is 0 Å². The van der Waals surface area contributed by atoms with Crippen LogP contribution < -0.4 is 5.73 Å². The number of ether oxygens (including phenoxy) is 1. The van der Waals surface area contributed by atoms with Crippen LogP contribution in [0.1, 0.15) is 36.8 Å². The molecule has 0 aliphatic rings. The first kappa shape index (κ1) is 24.6. The summed E-state index contributed by atoms with van der Waals surface area (Å²) in [7, 11) is -0.529. The number of hydrogen-bond donors (Lipinski definition) is 1. The summed E-state index contributed by atoms with van der Waals surface area (Å²) in [4.78, 5) is 25.7. The van der Waals surface area contributed by atoms with Crippen LogP contribution in [0.5, 0.6) is 0 Å². The molecule has 2 N–H and O–H groups in total. The first-order chi connectivity index (χ1) is 16.5. The highest BCUT2D eigenvalue weighted by Crippen LogP contribution is 2.37. The van der Waals surface area contributed by atoms with Gasteiger partial charge in [0.25, 0.3) is 0 Å². The number of nitrogen functional groups attached to an aromatic ring is 1. The number of carbonyl (C=O) groups is 1. The Bertz CT molecular complexity index is 1370. The van der Waals surface area contributed by atoms with E-state index in [2.05, 4.69) is 43.8 Å². The lowest BCUT2D eigenvalue weighted by Crippen LogP contribution is -2.40. The van der Waals surface area contributed by atoms with E-state index in [1.807, 2.05) is 41.0 Å². The lowest BCUT2D eigenvalue weighted by Gasteiger charge is -2.36. The molecule has 182 valence electrons. The largest absolute Gasteiger partial charge is 0.464 e. The van der Waals surface area contributed by atoms with Crippen LogP contribution in [0, 0.1) is 0 Å². The number of imidazole rings is 1. The molecule has 0 saturated heterocycles. The fraction of sp³-hybridized carbons (Fsp3) is 0.308. The van der Waals surface area contributed by atoms with Gasteiger partial charge < -0.3 is 14.9 Å². The highest BCUT2D eigenvalue weighted by molar-refractivity contribution is 6.74. The van der Waals surface area contributed by atoms with Gasteiger partial charge in [0.05, 0.1) is 19.3 Å². The molecule has 0 atom stereocenters. The molecule has 0 spiro atoms. The zero-order valence-electron chi connectivity index (χ0n) is 21.0. The van der Waals surface area contributed by atoms with Crippen LogP contribution >= 0.6 is 0 Å². The van der Waals surface area contributed by atoms with Crippen molar-refractivity contribution in [1.29, 1.82) is 0 Å². The maximum atomic E-state index is 12.1. The van der Waals surface area contributed by atoms with Gasteiger partial charge in [0.2, 0.25) is 0 Å². The second-order valence-corrected chi connectivity index (χ2v) is 14.8. The minimum absolute atomic E-state index is 0.143. The van der Waals surface area contributed by atoms with Gasteiger partial charge in [-0.2, -0.15) is 0 Å². The lowest BCUT2D eigenvalue weighted by atomic mass is 10.2. The Hall–Kier alpha value is -3.56. The highest BCUT2D eigenvalue weighted by atomic mass is 28.4. The number of methoxy groups -OCH3 is 1. The Morgan fingerprint density at radius 2 is 1.77 bits per heavy atom. The normalized spacial score (nSPS) is 12.2. The number of carbonyl (C=O) groups excluding carboxylic acids is 1. The van der Waals surface area contributed by atoms with Gasteiger partial charge in [-0.05, 0) is 60.1 Å². The Morgan fingerprint density at radius 3 is 2.40 bits per heavy atom. The number of benzene rings is 1. The number of esters is 1. The quantitative estimate of drug-likeness (QED) is 0.287. The first-order valence-corrected chi connectivity index (χ1v) is 14.3. The van der Waals surface area contributed by atoms with E-state index in [1.165, 1.54) is 7.11 Å². The monoisotopic (exact) mass is 489 g/mol. The Balaban J connectivity index is 1.79. The number of aromatic nitrogens is 4. The van der Waals surface area contributed by atoms with Crippen LogP contribution in [0.2, 0.25) is 18.1 Å². The molecule has 8 nitrogen and oxygen atoms in total. The summed E-state index contributed by atoms with van der Waals surface area (Å²) >= 11 is 0. The molecule has 0 aliphatic carbocycles. The van der Waals surface area contributed by atoms with Crippen molar-refractivity contribution >= 4 is 31.3 Å². The van der Waals surface area contributed by atoms with E-state index in [1.54, 1.807) is 18.3 Å². The molecule has 0 amide bonds. The molecule has 0 aliphatic heterocycles. The molecule has 4 aromatic rings. The molecule has 35 heavy (non-hydrogen) atoms. The number of fused-ring (bicyclic) bond motifs is 1. The van der Waals surface area contributed by atoms with Gasteiger partial charge in [0.15, 0.2) is 25.5 Å². The van der Waals surface area contributed by atoms with Crippen molar-refractivity contribution in [2.45, 2.75) is 45.5 Å². The molecule has 9 heteroatoms. The molecular formula is C26H31N5O3Si. The minimum atomic E-state index is -1.86. The second kappa shape index (κ2) is 9.24. The first-order valence-electron chi connectivity index (χ1n) is 11.4. The van der Waals surface area contributed by atoms with E-state index in [-0.39, 0.29) is 10.7 Å². The van der Waals surface area contributed by atoms with Crippen LogP contribution in [-0.2, 0) is 15.8 Å². The number of nitrogens with zero attached hydrogens (tertiary/aromatic N) is 4. The third kappa shape index (κ3) is 4.82. The third-order valence-electron chi connectivity index (χ3n) is 6.58. The van der Waals surface area contributed by atoms with Crippen LogP contribution in [0.15, 0.2) is 54.7 Å². The third-order valence-corrected chi connectivity index (χ3v) is 11.1. The van der Waals surface area contributed by atoms with Gasteiger partial charge >= 0.3 is 5.97 Å². The lowest BCUT2D eigenvalue weighted by molar-refractivity contribution is 0.0594. The van der Waals surface area contributed by atoms with Crippen molar-refractivity contribution in [3.05, 3.63) is 66.0 Å². The number of nitrogens with two attached hydrogens (primary N) is 1. The van der Waals surface area contributed by atoms with E-state index < -0.39 is 14.3 Å². The maximum absolute atomic E-state index is 12.1. The number of pyridine rings is 2. The standard InChI is InChI=1S/C26H31N5O3Si/c1-26(2,3)35(5,6)34-16-17-9-11-18(12-10-17)31-23(19-8-7-15-28-22(19)27)29-20-13-14-21(25(32)33-4)30-24(20)31/h7-15H,16H2,1-6H3,(H2,27,28). The summed E-state index contributed by atoms with van der Waals surface area (Å²) in [5.74, 6) is 0.433. The fourth-order valence-corrected chi connectivity index (χ4v) is 4.39. The zero-order chi connectivity index (χ0) is 25.4. The van der Waals surface area contributed by atoms with Gasteiger partial charge in [0, 0.05) is 11.9 Å². The topological polar surface area (TPSA) is 105 Å². The highest BCUT2D eigenvalue weighted by Gasteiger charge is 2.37. The van der Waals surface area contributed by atoms with Crippen LogP contribution in [0.25, 0.3) is 28.2 Å². The SMILES string of the molecule is COC(=O)c1ccc2nc(-c3cccnc3N)n(-c3ccc(CO[Si](C)(C)C(C)(C)C)cc3)c2n1. The van der Waals surface area contributed by atoms with Crippen LogP contribution in [-0.4, -0.2) is 40.9 Å². The van der Waals surface area contributed by atoms with Crippen LogP contribution in [0.3, 0.4) is 0 Å². The average Bonchev–Trinajstić information content (AvgIpc) is 3.20. The Labute approximate surface area is 206 Å². The van der Waals surface area contributed by atoms with Crippen LogP contribution in [0.4, 0.5) is 5.82 Å². The van der Waals surface area contributed by atoms with Gasteiger partial charge in [-0.3, -0.25) is 4.57 Å². The molecule has 1 aromatic carbocycles. The van der Waals surface area contributed by atoms with Crippen molar-refractivity contribution in [2.24, 2.45) is 0 Å². The zero-order valence-corrected chi connectivity index (χ0v) is 22.0. The predicted octanol–water partition coefficient (Wildman–Crippen LogP) is 5.37. The molecule has 3 heterocycles. The van der Waals surface area contributed by atoms with Crippen molar-refractivity contribution in [2.75, 3.05) is 12.8 Å². The van der Waals surface area contributed by atoms with E-state index in [0.29, 0.717) is 35.0 Å². The summed E-state index contributed by atoms with van der Waals surface area (Å²) in [6.07, 6.45) is 1.64. The van der Waals surface area contributed by atoms with Gasteiger partial charge in [-0.25, -0.2) is 19.7 Å². The summed E-state index contributed by atoms with van der Waals surface area (Å²) in [5.41, 5.74) is 10.1. The molecular weight excluding hydrogens is 458 g/mol. The summed E-state index contributed by atoms with van der Waals surface area (Å²) in [6, 6.07) is 15.1. The maximum Gasteiger partial charge on any atom is 0.356 e. The molecule has 0 radical (unpaired) electrons. The average molecular weight is 490 g/mol. The van der Waals surface area contributed by atoms with Gasteiger partial charge in [-0.15, -0.1) is 0 Å². The van der Waals surface area contributed by atoms with Gasteiger partial charge in [-0.1, -0.05) is 32.9 Å². The van der Waals surface area contributed by atoms with Crippen molar-refractivity contribution in [3.8, 4) is 17.1 Å². The number of rotatable bonds is 6. The molecule has 4 rings (SSSR count). The van der Waals surface area contributed by atoms with E-state index in [0.717, 1.165) is 11.3 Å². The van der Waals surface area contributed by atoms with Gasteiger partial charge in [0.1, 0.15) is 11.3 Å². The second-order valence-electron chi connectivity index (χ2n) is 9.95. The molecule has 0 bridgehead atoms. The summed E-state index contributed by atoms with van der Waals surface area (Å²) in [6.45, 7) is 11.7. The van der Waals surface area contributed by atoms with E-state index >= 15 is 0 Å². The minimum Gasteiger partial charge on any atom is -0.464 e. The van der Waals surface area contributed by atoms with Crippen molar-refractivity contribution in [1.82, 2.24) is 19.5 Å². The van der Waals surface area contributed by atoms with Crippen molar-refractivity contribution < 1.29 is 14.0 Å². The molecule has 3 aromatic heterocycles. The smallest absolute Gasteiger partial charge is 0.356 e. The summed E-state index contributed by atoms with van der Waals surface area (Å²) in [5, 5.41) is 0.143. The van der Waals surface area contributed by atoms with E-state index in [4.69, 9.17) is 19.9 Å². The Kier molecular flexibility index (Phi) is 6.48. The molecule has 0 fully saturated rings.